The number of carbonyl (C=O) groups excluding carboxylic acids is 1. The quantitative estimate of drug-likeness (QED) is 0.869. The minimum Gasteiger partial charge on any atom is -0.347 e. The zero-order valence-electron chi connectivity index (χ0n) is 10.1. The van der Waals surface area contributed by atoms with Crippen LogP contribution in [0.4, 0.5) is 0 Å². The highest BCUT2D eigenvalue weighted by Gasteiger charge is 2.33. The van der Waals surface area contributed by atoms with Gasteiger partial charge < -0.3 is 10.2 Å². The molecule has 17 heavy (non-hydrogen) atoms. The summed E-state index contributed by atoms with van der Waals surface area (Å²) in [5.74, 6) is 0.912. The summed E-state index contributed by atoms with van der Waals surface area (Å²) in [5.41, 5.74) is 0. The second-order valence-electron chi connectivity index (χ2n) is 5.23. The fourth-order valence-corrected chi connectivity index (χ4v) is 3.75. The lowest BCUT2D eigenvalue weighted by atomic mass is 9.97. The van der Waals surface area contributed by atoms with Crippen LogP contribution < -0.4 is 5.32 Å². The summed E-state index contributed by atoms with van der Waals surface area (Å²) >= 11 is 1.58. The molecule has 2 bridgehead atoms. The van der Waals surface area contributed by atoms with Crippen LogP contribution in [0.1, 0.15) is 27.4 Å². The van der Waals surface area contributed by atoms with Gasteiger partial charge in [-0.25, -0.2) is 0 Å². The van der Waals surface area contributed by atoms with E-state index in [4.69, 9.17) is 0 Å². The highest BCUT2D eigenvalue weighted by atomic mass is 32.1. The molecule has 3 atom stereocenters. The fourth-order valence-electron chi connectivity index (χ4n) is 2.98. The Hall–Kier alpha value is -0.870. The van der Waals surface area contributed by atoms with Crippen LogP contribution in [0.3, 0.4) is 0 Å². The third kappa shape index (κ3) is 2.38. The molecule has 3 nitrogen and oxygen atoms in total. The summed E-state index contributed by atoms with van der Waals surface area (Å²) in [7, 11) is 0. The van der Waals surface area contributed by atoms with Crippen LogP contribution in [0.2, 0.25) is 0 Å². The molecular weight excluding hydrogens is 232 g/mol. The van der Waals surface area contributed by atoms with Gasteiger partial charge in [0.05, 0.1) is 4.88 Å². The maximum atomic E-state index is 12.0. The summed E-state index contributed by atoms with van der Waals surface area (Å²) in [5, 5.41) is 3.18. The SMILES string of the molecule is Cc1ccc(C(=O)N[C@@H]2C[C@H]3CCN(C3)C2)s1. The van der Waals surface area contributed by atoms with E-state index < -0.39 is 0 Å². The minimum absolute atomic E-state index is 0.107. The summed E-state index contributed by atoms with van der Waals surface area (Å²) in [6.07, 6.45) is 2.47. The molecule has 3 rings (SSSR count). The van der Waals surface area contributed by atoms with Crippen molar-refractivity contribution in [3.8, 4) is 0 Å². The van der Waals surface area contributed by atoms with Crippen molar-refractivity contribution in [1.29, 1.82) is 0 Å². The fraction of sp³-hybridized carbons (Fsp3) is 0.615. The van der Waals surface area contributed by atoms with Gasteiger partial charge in [-0.3, -0.25) is 4.79 Å². The second kappa shape index (κ2) is 4.42. The van der Waals surface area contributed by atoms with Crippen LogP contribution >= 0.6 is 11.3 Å². The van der Waals surface area contributed by atoms with Crippen LogP contribution in [0.5, 0.6) is 0 Å². The van der Waals surface area contributed by atoms with Crippen molar-refractivity contribution in [2.75, 3.05) is 19.6 Å². The monoisotopic (exact) mass is 250 g/mol. The molecule has 92 valence electrons. The molecule has 0 aromatic carbocycles. The Morgan fingerprint density at radius 3 is 3.06 bits per heavy atom. The van der Waals surface area contributed by atoms with Crippen LogP contribution in [-0.2, 0) is 0 Å². The number of hydrogen-bond acceptors (Lipinski definition) is 3. The number of nitrogens with one attached hydrogen (secondary N) is 1. The van der Waals surface area contributed by atoms with Crippen LogP contribution in [0.15, 0.2) is 12.1 Å². The maximum absolute atomic E-state index is 12.0. The number of piperidine rings is 1. The van der Waals surface area contributed by atoms with E-state index in [1.54, 1.807) is 11.3 Å². The molecule has 1 unspecified atom stereocenters. The van der Waals surface area contributed by atoms with Gasteiger partial charge in [0.1, 0.15) is 0 Å². The van der Waals surface area contributed by atoms with Crippen LogP contribution in [0.25, 0.3) is 0 Å². The Kier molecular flexibility index (Phi) is 2.92. The molecular formula is C13H18N2OS. The van der Waals surface area contributed by atoms with Gasteiger partial charge in [-0.05, 0) is 44.4 Å². The number of rotatable bonds is 2. The molecule has 2 fully saturated rings. The molecule has 1 N–H and O–H groups in total. The summed E-state index contributed by atoms with van der Waals surface area (Å²) in [4.78, 5) is 16.6. The number of hydrogen-bond donors (Lipinski definition) is 1. The third-order valence-corrected chi connectivity index (χ3v) is 4.77. The Labute approximate surface area is 106 Å². The molecule has 3 heterocycles. The lowest BCUT2D eigenvalue weighted by Crippen LogP contribution is -2.46. The van der Waals surface area contributed by atoms with E-state index in [0.29, 0.717) is 6.04 Å². The van der Waals surface area contributed by atoms with Gasteiger partial charge in [0.2, 0.25) is 0 Å². The lowest BCUT2D eigenvalue weighted by molar-refractivity contribution is 0.0913. The van der Waals surface area contributed by atoms with E-state index in [-0.39, 0.29) is 5.91 Å². The number of aryl methyl sites for hydroxylation is 1. The zero-order chi connectivity index (χ0) is 11.8. The molecule has 4 heteroatoms. The average molecular weight is 250 g/mol. The molecule has 1 amide bonds. The molecule has 2 saturated heterocycles. The van der Waals surface area contributed by atoms with Crippen molar-refractivity contribution in [2.45, 2.75) is 25.8 Å². The standard InChI is InChI=1S/C13H18N2OS/c1-9-2-3-12(17-9)13(16)14-11-6-10-4-5-15(7-10)8-11/h2-3,10-11H,4-8H2,1H3,(H,14,16)/t10-,11-/m1/s1. The van der Waals surface area contributed by atoms with Gasteiger partial charge in [-0.15, -0.1) is 11.3 Å². The first-order valence-corrected chi connectivity index (χ1v) is 7.12. The molecule has 2 aliphatic rings. The van der Waals surface area contributed by atoms with E-state index in [0.717, 1.165) is 23.8 Å². The van der Waals surface area contributed by atoms with Crippen molar-refractivity contribution >= 4 is 17.2 Å². The Bertz CT molecular complexity index is 417. The van der Waals surface area contributed by atoms with Crippen molar-refractivity contribution in [2.24, 2.45) is 5.92 Å². The molecule has 2 aliphatic heterocycles. The smallest absolute Gasteiger partial charge is 0.261 e. The Morgan fingerprint density at radius 2 is 2.35 bits per heavy atom. The lowest BCUT2D eigenvalue weighted by Gasteiger charge is -2.30. The number of fused-ring (bicyclic) bond motifs is 2. The van der Waals surface area contributed by atoms with Gasteiger partial charge in [-0.1, -0.05) is 0 Å². The van der Waals surface area contributed by atoms with Gasteiger partial charge >= 0.3 is 0 Å². The highest BCUT2D eigenvalue weighted by molar-refractivity contribution is 7.13. The number of thiophene rings is 1. The van der Waals surface area contributed by atoms with Crippen molar-refractivity contribution < 1.29 is 4.79 Å². The van der Waals surface area contributed by atoms with Crippen LogP contribution in [-0.4, -0.2) is 36.5 Å². The first-order chi connectivity index (χ1) is 8.20. The molecule has 0 radical (unpaired) electrons. The third-order valence-electron chi connectivity index (χ3n) is 3.77. The largest absolute Gasteiger partial charge is 0.347 e. The Balaban J connectivity index is 1.62. The van der Waals surface area contributed by atoms with Gasteiger partial charge in [0.15, 0.2) is 0 Å². The minimum atomic E-state index is 0.107. The van der Waals surface area contributed by atoms with Crippen LogP contribution in [0, 0.1) is 12.8 Å². The highest BCUT2D eigenvalue weighted by Crippen LogP contribution is 2.27. The first-order valence-electron chi connectivity index (χ1n) is 6.30. The van der Waals surface area contributed by atoms with E-state index in [2.05, 4.69) is 10.2 Å². The average Bonchev–Trinajstić information content (AvgIpc) is 2.85. The van der Waals surface area contributed by atoms with Crippen molar-refractivity contribution in [1.82, 2.24) is 10.2 Å². The molecule has 0 spiro atoms. The molecule has 1 aromatic rings. The van der Waals surface area contributed by atoms with Crippen molar-refractivity contribution in [3.63, 3.8) is 0 Å². The summed E-state index contributed by atoms with van der Waals surface area (Å²) in [6, 6.07) is 4.28. The number of carbonyl (C=O) groups is 1. The molecule has 1 aromatic heterocycles. The first kappa shape index (κ1) is 11.2. The summed E-state index contributed by atoms with van der Waals surface area (Å²) < 4.78 is 0. The number of nitrogens with zero attached hydrogens (tertiary/aromatic N) is 1. The Morgan fingerprint density at radius 1 is 1.47 bits per heavy atom. The number of amides is 1. The van der Waals surface area contributed by atoms with E-state index in [9.17, 15) is 4.79 Å². The molecule has 0 saturated carbocycles. The summed E-state index contributed by atoms with van der Waals surface area (Å²) in [6.45, 7) is 5.53. The second-order valence-corrected chi connectivity index (χ2v) is 6.52. The van der Waals surface area contributed by atoms with Crippen molar-refractivity contribution in [3.05, 3.63) is 21.9 Å². The zero-order valence-corrected chi connectivity index (χ0v) is 10.9. The van der Waals surface area contributed by atoms with Gasteiger partial charge in [0.25, 0.3) is 5.91 Å². The predicted molar refractivity (Wildman–Crippen MR) is 69.5 cm³/mol. The van der Waals surface area contributed by atoms with Gasteiger partial charge in [-0.2, -0.15) is 0 Å². The molecule has 0 aliphatic carbocycles. The van der Waals surface area contributed by atoms with E-state index in [1.165, 1.54) is 24.4 Å². The van der Waals surface area contributed by atoms with Gasteiger partial charge in [0, 0.05) is 24.0 Å². The topological polar surface area (TPSA) is 32.3 Å². The van der Waals surface area contributed by atoms with E-state index in [1.807, 2.05) is 19.1 Å². The normalized spacial score (nSPS) is 31.5. The van der Waals surface area contributed by atoms with E-state index >= 15 is 0 Å². The maximum Gasteiger partial charge on any atom is 0.261 e. The predicted octanol–water partition coefficient (Wildman–Crippen LogP) is 1.88.